The fraction of sp³-hybridized carbons (Fsp3) is 0.500. The zero-order valence-electron chi connectivity index (χ0n) is 13.1. The minimum absolute atomic E-state index is 0.913. The second-order valence-corrected chi connectivity index (χ2v) is 4.45. The van der Waals surface area contributed by atoms with Crippen molar-refractivity contribution in [2.75, 3.05) is 26.2 Å². The molecule has 4 N–H and O–H groups in total. The third-order valence-corrected chi connectivity index (χ3v) is 2.88. The van der Waals surface area contributed by atoms with Crippen LogP contribution in [0.2, 0.25) is 0 Å². The molecule has 0 bridgehead atoms. The third-order valence-electron chi connectivity index (χ3n) is 2.88. The first-order chi connectivity index (χ1) is 9.76. The molecule has 0 aliphatic heterocycles. The summed E-state index contributed by atoms with van der Waals surface area (Å²) in [5, 5.41) is 6.73. The van der Waals surface area contributed by atoms with Crippen molar-refractivity contribution in [3.63, 3.8) is 0 Å². The molecule has 1 aromatic rings. The van der Waals surface area contributed by atoms with Crippen LogP contribution in [0.1, 0.15) is 38.8 Å². The van der Waals surface area contributed by atoms with Gasteiger partial charge in [-0.1, -0.05) is 0 Å². The molecule has 0 fully saturated rings. The van der Waals surface area contributed by atoms with Crippen LogP contribution in [0.15, 0.2) is 24.3 Å². The van der Waals surface area contributed by atoms with E-state index in [1.54, 1.807) is 0 Å². The Bertz CT molecular complexity index is 403. The van der Waals surface area contributed by atoms with Gasteiger partial charge in [-0.15, -0.1) is 0 Å². The second-order valence-electron chi connectivity index (χ2n) is 4.45. The molecule has 0 aromatic heterocycles. The Morgan fingerprint density at radius 1 is 0.750 bits per heavy atom. The molecule has 0 heterocycles. The van der Waals surface area contributed by atoms with Crippen LogP contribution in [0.3, 0.4) is 0 Å². The molecule has 0 atom stereocenters. The van der Waals surface area contributed by atoms with Crippen LogP contribution in [0.4, 0.5) is 0 Å². The first kappa shape index (κ1) is 16.2. The first-order valence-corrected chi connectivity index (χ1v) is 7.56. The summed E-state index contributed by atoms with van der Waals surface area (Å²) in [7, 11) is 0. The van der Waals surface area contributed by atoms with Gasteiger partial charge in [0, 0.05) is 0 Å². The average molecular weight is 276 g/mol. The monoisotopic (exact) mass is 276 g/mol. The molecule has 110 valence electrons. The van der Waals surface area contributed by atoms with Crippen molar-refractivity contribution < 1.29 is 9.98 Å². The number of benzene rings is 1. The molecule has 0 saturated heterocycles. The molecule has 4 nitrogen and oxygen atoms in total. The van der Waals surface area contributed by atoms with Gasteiger partial charge in [-0.3, -0.25) is 20.6 Å². The number of amidine groups is 2. The predicted octanol–water partition coefficient (Wildman–Crippen LogP) is -1.40. The summed E-state index contributed by atoms with van der Waals surface area (Å²) in [6.07, 6.45) is 0. The lowest BCUT2D eigenvalue weighted by Crippen LogP contribution is -2.76. The van der Waals surface area contributed by atoms with Crippen molar-refractivity contribution in [2.45, 2.75) is 27.7 Å². The van der Waals surface area contributed by atoms with Crippen molar-refractivity contribution in [1.29, 1.82) is 0 Å². The number of hydrogen-bond acceptors (Lipinski definition) is 0. The van der Waals surface area contributed by atoms with E-state index in [9.17, 15) is 0 Å². The maximum Gasteiger partial charge on any atom is 0.274 e. The molecular weight excluding hydrogens is 248 g/mol. The average Bonchev–Trinajstić information content (AvgIpc) is 2.47. The highest BCUT2D eigenvalue weighted by Crippen LogP contribution is 2.02. The highest BCUT2D eigenvalue weighted by molar-refractivity contribution is 5.97. The minimum atomic E-state index is 0.913. The molecule has 0 unspecified atom stereocenters. The molecule has 0 saturated carbocycles. The summed E-state index contributed by atoms with van der Waals surface area (Å²) in [6, 6.07) is 8.57. The molecule has 0 radical (unpaired) electrons. The van der Waals surface area contributed by atoms with Gasteiger partial charge >= 0.3 is 0 Å². The summed E-state index contributed by atoms with van der Waals surface area (Å²) < 4.78 is 0. The Kier molecular flexibility index (Phi) is 7.40. The van der Waals surface area contributed by atoms with E-state index in [4.69, 9.17) is 0 Å². The summed E-state index contributed by atoms with van der Waals surface area (Å²) in [4.78, 5) is 6.73. The highest BCUT2D eigenvalue weighted by Gasteiger charge is 2.11. The molecule has 0 amide bonds. The van der Waals surface area contributed by atoms with Crippen LogP contribution < -0.4 is 20.6 Å². The largest absolute Gasteiger partial charge is 0.275 e. The summed E-state index contributed by atoms with van der Waals surface area (Å²) >= 11 is 0. The summed E-state index contributed by atoms with van der Waals surface area (Å²) in [5.74, 6) is 2.19. The van der Waals surface area contributed by atoms with Crippen molar-refractivity contribution >= 4 is 11.7 Å². The second kappa shape index (κ2) is 9.13. The third kappa shape index (κ3) is 4.68. The van der Waals surface area contributed by atoms with Gasteiger partial charge < -0.3 is 0 Å². The topological polar surface area (TPSA) is 52.0 Å². The Labute approximate surface area is 122 Å². The zero-order valence-corrected chi connectivity index (χ0v) is 13.1. The smallest absolute Gasteiger partial charge is 0.274 e. The fourth-order valence-corrected chi connectivity index (χ4v) is 2.04. The standard InChI is InChI=1S/C16H26N4/c1-5-17-15(18-6-2)13-9-11-14(12-10-13)16(19-7-3)20-8-4/h9-12H,5-8H2,1-4H3,(H,17,18)(H,19,20)/p+2. The van der Waals surface area contributed by atoms with Crippen LogP contribution in [-0.4, -0.2) is 37.9 Å². The maximum absolute atomic E-state index is 3.37. The Morgan fingerprint density at radius 2 is 1.10 bits per heavy atom. The molecule has 20 heavy (non-hydrogen) atoms. The van der Waals surface area contributed by atoms with Gasteiger partial charge in [0.2, 0.25) is 0 Å². The van der Waals surface area contributed by atoms with Crippen molar-refractivity contribution in [3.8, 4) is 0 Å². The van der Waals surface area contributed by atoms with Gasteiger partial charge in [-0.05, 0) is 52.0 Å². The SMILES string of the molecule is CCNC(=[NH+]CC)c1ccc(C(NCC)=[NH+]CC)cc1. The van der Waals surface area contributed by atoms with Gasteiger partial charge in [0.1, 0.15) is 0 Å². The Morgan fingerprint density at radius 3 is 1.35 bits per heavy atom. The highest BCUT2D eigenvalue weighted by atomic mass is 15.0. The van der Waals surface area contributed by atoms with E-state index in [2.05, 4.69) is 72.6 Å². The first-order valence-electron chi connectivity index (χ1n) is 7.56. The van der Waals surface area contributed by atoms with E-state index >= 15 is 0 Å². The molecule has 0 aliphatic carbocycles. The number of nitrogens with one attached hydrogen (secondary N) is 4. The number of hydrogen-bond donors (Lipinski definition) is 4. The van der Waals surface area contributed by atoms with Gasteiger partial charge in [0.25, 0.3) is 11.7 Å². The van der Waals surface area contributed by atoms with Crippen molar-refractivity contribution in [3.05, 3.63) is 35.4 Å². The van der Waals surface area contributed by atoms with E-state index in [1.807, 2.05) is 0 Å². The van der Waals surface area contributed by atoms with E-state index in [0.29, 0.717) is 0 Å². The van der Waals surface area contributed by atoms with Crippen molar-refractivity contribution in [2.24, 2.45) is 0 Å². The van der Waals surface area contributed by atoms with Crippen LogP contribution in [-0.2, 0) is 0 Å². The number of rotatable bonds is 6. The van der Waals surface area contributed by atoms with Gasteiger partial charge in [0.15, 0.2) is 0 Å². The van der Waals surface area contributed by atoms with E-state index in [0.717, 1.165) is 37.9 Å². The Balaban J connectivity index is 2.97. The quantitative estimate of drug-likeness (QED) is 0.382. The lowest BCUT2D eigenvalue weighted by Gasteiger charge is -2.04. The molecule has 4 heteroatoms. The molecule has 1 aromatic carbocycles. The van der Waals surface area contributed by atoms with E-state index in [-0.39, 0.29) is 0 Å². The zero-order chi connectivity index (χ0) is 14.8. The lowest BCUT2D eigenvalue weighted by atomic mass is 10.1. The minimum Gasteiger partial charge on any atom is -0.275 e. The fourth-order valence-electron chi connectivity index (χ4n) is 2.04. The molecule has 0 aliphatic rings. The lowest BCUT2D eigenvalue weighted by molar-refractivity contribution is -0.454. The molecule has 0 spiro atoms. The van der Waals surface area contributed by atoms with Crippen LogP contribution in [0, 0.1) is 0 Å². The maximum atomic E-state index is 3.37. The Hall–Kier alpha value is -1.84. The van der Waals surface area contributed by atoms with Gasteiger partial charge in [-0.25, -0.2) is 0 Å². The van der Waals surface area contributed by atoms with Crippen LogP contribution in [0.5, 0.6) is 0 Å². The van der Waals surface area contributed by atoms with Gasteiger partial charge in [-0.2, -0.15) is 0 Å². The van der Waals surface area contributed by atoms with Crippen LogP contribution in [0.25, 0.3) is 0 Å². The summed E-state index contributed by atoms with van der Waals surface area (Å²) in [6.45, 7) is 12.1. The molecular formula is C16H28N4+2. The predicted molar refractivity (Wildman–Crippen MR) is 85.0 cm³/mol. The van der Waals surface area contributed by atoms with Crippen molar-refractivity contribution in [1.82, 2.24) is 10.6 Å². The van der Waals surface area contributed by atoms with E-state index < -0.39 is 0 Å². The van der Waals surface area contributed by atoms with Gasteiger partial charge in [0.05, 0.1) is 37.3 Å². The summed E-state index contributed by atoms with van der Waals surface area (Å²) in [5.41, 5.74) is 2.37. The van der Waals surface area contributed by atoms with E-state index in [1.165, 1.54) is 11.1 Å². The normalized spacial score (nSPS) is 12.4. The van der Waals surface area contributed by atoms with Crippen LogP contribution >= 0.6 is 0 Å². The molecule has 1 rings (SSSR count).